The van der Waals surface area contributed by atoms with Crippen molar-refractivity contribution < 1.29 is 19.1 Å². The van der Waals surface area contributed by atoms with Gasteiger partial charge in [-0.1, -0.05) is 12.1 Å². The molecule has 3 aliphatic rings. The van der Waals surface area contributed by atoms with E-state index in [4.69, 9.17) is 9.47 Å². The van der Waals surface area contributed by atoms with Gasteiger partial charge in [0.1, 0.15) is 6.10 Å². The van der Waals surface area contributed by atoms with E-state index in [1.807, 2.05) is 30.5 Å². The molecule has 3 N–H and O–H groups in total. The highest BCUT2D eigenvalue weighted by Crippen LogP contribution is 2.30. The number of rotatable bonds is 3. The van der Waals surface area contributed by atoms with E-state index in [1.54, 1.807) is 13.3 Å². The maximum Gasteiger partial charge on any atom is 0.237 e. The zero-order valence-corrected chi connectivity index (χ0v) is 21.7. The normalized spacial score (nSPS) is 22.7. The Labute approximate surface area is 219 Å². The Hall–Kier alpha value is -3.17. The first-order valence-electron chi connectivity index (χ1n) is 13.3. The fourth-order valence-corrected chi connectivity index (χ4v) is 4.83. The maximum atomic E-state index is 12.7. The van der Waals surface area contributed by atoms with Gasteiger partial charge in [0.2, 0.25) is 11.8 Å². The molecule has 1 aromatic carbocycles. The summed E-state index contributed by atoms with van der Waals surface area (Å²) in [4.78, 5) is 31.8. The number of pyridine rings is 1. The number of ether oxygens (including phenoxy) is 2. The van der Waals surface area contributed by atoms with Crippen molar-refractivity contribution in [1.82, 2.24) is 25.8 Å². The van der Waals surface area contributed by atoms with Crippen LogP contribution in [-0.2, 0) is 22.6 Å². The summed E-state index contributed by atoms with van der Waals surface area (Å²) < 4.78 is 11.7. The zero-order chi connectivity index (χ0) is 25.9. The molecule has 2 amide bonds. The highest BCUT2D eigenvalue weighted by molar-refractivity contribution is 5.82. The van der Waals surface area contributed by atoms with Crippen LogP contribution in [0.25, 0.3) is 0 Å². The Balaban J connectivity index is 1.39. The summed E-state index contributed by atoms with van der Waals surface area (Å²) in [6, 6.07) is 9.58. The van der Waals surface area contributed by atoms with E-state index in [1.165, 1.54) is 5.56 Å². The van der Waals surface area contributed by atoms with Crippen molar-refractivity contribution in [3.63, 3.8) is 0 Å². The molecule has 0 saturated carbocycles. The molecular formula is C28H39N5O4. The van der Waals surface area contributed by atoms with E-state index < -0.39 is 0 Å². The van der Waals surface area contributed by atoms with Gasteiger partial charge in [0.05, 0.1) is 13.2 Å². The fraction of sp³-hybridized carbons (Fsp3) is 0.536. The molecule has 4 bridgehead atoms. The van der Waals surface area contributed by atoms with Crippen LogP contribution in [0.2, 0.25) is 0 Å². The molecule has 5 rings (SSSR count). The van der Waals surface area contributed by atoms with E-state index in [2.05, 4.69) is 31.9 Å². The zero-order valence-electron chi connectivity index (χ0n) is 21.7. The third-order valence-corrected chi connectivity index (χ3v) is 6.87. The van der Waals surface area contributed by atoms with Crippen molar-refractivity contribution >= 4 is 11.8 Å². The number of amides is 2. The third kappa shape index (κ3) is 8.43. The lowest BCUT2D eigenvalue weighted by molar-refractivity contribution is -0.123. The summed E-state index contributed by atoms with van der Waals surface area (Å²) in [6.07, 6.45) is 7.99. The molecule has 0 aliphatic carbocycles. The van der Waals surface area contributed by atoms with E-state index in [0.717, 1.165) is 44.5 Å². The lowest BCUT2D eigenvalue weighted by atomic mass is 10.1. The molecule has 37 heavy (non-hydrogen) atoms. The van der Waals surface area contributed by atoms with Gasteiger partial charge in [-0.25, -0.2) is 0 Å². The fourth-order valence-electron chi connectivity index (χ4n) is 4.83. The van der Waals surface area contributed by atoms with Crippen LogP contribution in [0, 0.1) is 0 Å². The molecule has 0 unspecified atom stereocenters. The second-order valence-electron chi connectivity index (χ2n) is 9.76. The summed E-state index contributed by atoms with van der Waals surface area (Å²) in [7, 11) is 1.61. The van der Waals surface area contributed by atoms with E-state index >= 15 is 0 Å². The number of nitrogens with zero attached hydrogens (tertiary/aromatic N) is 2. The van der Waals surface area contributed by atoms with Crippen LogP contribution in [-0.4, -0.2) is 73.7 Å². The molecule has 1 aromatic heterocycles. The van der Waals surface area contributed by atoms with Gasteiger partial charge in [-0.05, 0) is 61.6 Å². The first-order valence-corrected chi connectivity index (χ1v) is 13.3. The van der Waals surface area contributed by atoms with Crippen molar-refractivity contribution in [3.8, 4) is 11.5 Å². The Bertz CT molecular complexity index is 1020. The number of hydrogen-bond acceptors (Lipinski definition) is 7. The van der Waals surface area contributed by atoms with Gasteiger partial charge in [0, 0.05) is 58.0 Å². The molecule has 0 radical (unpaired) electrons. The number of carbonyl (C=O) groups is 2. The average molecular weight is 510 g/mol. The van der Waals surface area contributed by atoms with Gasteiger partial charge in [0.15, 0.2) is 11.5 Å². The molecular weight excluding hydrogens is 470 g/mol. The Morgan fingerprint density at radius 1 is 1.08 bits per heavy atom. The number of nitrogens with one attached hydrogen (secondary N) is 3. The lowest BCUT2D eigenvalue weighted by Gasteiger charge is -2.22. The Kier molecular flexibility index (Phi) is 10.1. The molecule has 200 valence electrons. The van der Waals surface area contributed by atoms with E-state index in [-0.39, 0.29) is 24.0 Å². The second-order valence-corrected chi connectivity index (χ2v) is 9.76. The standard InChI is InChI=1S/C28H39N5O4/c1-36-26-16-21-7-9-25(26)37-23-17-24(32-19-23)28(35)31-12-2-3-14-33(20-22-6-4-11-29-18-22)15-5-13-30-27(34)10-8-21/h4,6-7,9,11,16,18,23-24,32H,2-3,5,8,10,12-15,17,19-20H2,1H3,(H,30,34)(H,31,35)/t23-,24-/m0/s1. The molecule has 9 heteroatoms. The Morgan fingerprint density at radius 2 is 1.95 bits per heavy atom. The molecule has 0 spiro atoms. The number of fused-ring (bicyclic) bond motifs is 15. The van der Waals surface area contributed by atoms with Gasteiger partial charge >= 0.3 is 0 Å². The number of aryl methyl sites for hydroxylation is 1. The molecule has 2 atom stereocenters. The minimum Gasteiger partial charge on any atom is -0.493 e. The molecule has 3 aliphatic heterocycles. The summed E-state index contributed by atoms with van der Waals surface area (Å²) in [5.74, 6) is 1.38. The van der Waals surface area contributed by atoms with Crippen LogP contribution in [0.3, 0.4) is 0 Å². The average Bonchev–Trinajstić information content (AvgIpc) is 3.38. The molecule has 1 fully saturated rings. The summed E-state index contributed by atoms with van der Waals surface area (Å²) in [6.45, 7) is 4.52. The maximum absolute atomic E-state index is 12.7. The van der Waals surface area contributed by atoms with Crippen molar-refractivity contribution in [2.75, 3.05) is 39.8 Å². The van der Waals surface area contributed by atoms with Gasteiger partial charge in [0.25, 0.3) is 0 Å². The smallest absolute Gasteiger partial charge is 0.237 e. The number of carbonyl (C=O) groups excluding carboxylic acids is 2. The summed E-state index contributed by atoms with van der Waals surface area (Å²) >= 11 is 0. The quantitative estimate of drug-likeness (QED) is 0.582. The summed E-state index contributed by atoms with van der Waals surface area (Å²) in [5, 5.41) is 9.42. The van der Waals surface area contributed by atoms with Gasteiger partial charge < -0.3 is 25.4 Å². The van der Waals surface area contributed by atoms with Crippen LogP contribution < -0.4 is 25.4 Å². The number of hydrogen-bond donors (Lipinski definition) is 3. The topological polar surface area (TPSA) is 105 Å². The highest BCUT2D eigenvalue weighted by Gasteiger charge is 2.31. The van der Waals surface area contributed by atoms with Crippen molar-refractivity contribution in [3.05, 3.63) is 53.9 Å². The minimum atomic E-state index is -0.256. The van der Waals surface area contributed by atoms with Crippen LogP contribution in [0.15, 0.2) is 42.7 Å². The van der Waals surface area contributed by atoms with Gasteiger partial charge in [-0.3, -0.25) is 19.5 Å². The predicted molar refractivity (Wildman–Crippen MR) is 142 cm³/mol. The van der Waals surface area contributed by atoms with Gasteiger partial charge in [-0.2, -0.15) is 0 Å². The van der Waals surface area contributed by atoms with E-state index in [0.29, 0.717) is 50.4 Å². The molecule has 9 nitrogen and oxygen atoms in total. The van der Waals surface area contributed by atoms with E-state index in [9.17, 15) is 9.59 Å². The second kappa shape index (κ2) is 13.9. The number of benzene rings is 1. The first kappa shape index (κ1) is 26.9. The van der Waals surface area contributed by atoms with Crippen LogP contribution in [0.5, 0.6) is 11.5 Å². The Morgan fingerprint density at radius 3 is 2.78 bits per heavy atom. The SMILES string of the molecule is COc1cc2ccc1O[C@@H]1CN[C@@H](C1)C(=O)NCCCCN(Cc1cccnc1)CCCNC(=O)CC2. The third-order valence-electron chi connectivity index (χ3n) is 6.87. The predicted octanol–water partition coefficient (Wildman–Crippen LogP) is 2.05. The van der Waals surface area contributed by atoms with Crippen LogP contribution in [0.1, 0.15) is 43.2 Å². The highest BCUT2D eigenvalue weighted by atomic mass is 16.5. The van der Waals surface area contributed by atoms with Crippen molar-refractivity contribution in [2.45, 2.75) is 57.2 Å². The largest absolute Gasteiger partial charge is 0.493 e. The lowest BCUT2D eigenvalue weighted by Crippen LogP contribution is -2.40. The van der Waals surface area contributed by atoms with Crippen LogP contribution in [0.4, 0.5) is 0 Å². The summed E-state index contributed by atoms with van der Waals surface area (Å²) in [5.41, 5.74) is 2.19. The first-order chi connectivity index (χ1) is 18.1. The molecule has 2 aromatic rings. The number of methoxy groups -OCH3 is 1. The minimum absolute atomic E-state index is 0.0264. The monoisotopic (exact) mass is 509 g/mol. The van der Waals surface area contributed by atoms with Crippen molar-refractivity contribution in [2.24, 2.45) is 0 Å². The van der Waals surface area contributed by atoms with Crippen LogP contribution >= 0.6 is 0 Å². The molecule has 1 saturated heterocycles. The number of aromatic nitrogens is 1. The molecule has 4 heterocycles. The van der Waals surface area contributed by atoms with Crippen molar-refractivity contribution in [1.29, 1.82) is 0 Å². The van der Waals surface area contributed by atoms with Gasteiger partial charge in [-0.15, -0.1) is 0 Å².